The molecular weight excluding hydrogens is 638 g/mol. The number of ether oxygens (including phenoxy) is 4. The van der Waals surface area contributed by atoms with E-state index >= 15 is 0 Å². The van der Waals surface area contributed by atoms with Crippen LogP contribution in [0.1, 0.15) is 33.5 Å². The molecule has 4 aromatic carbocycles. The second-order valence-electron chi connectivity index (χ2n) is 8.02. The molecule has 0 saturated heterocycles. The summed E-state index contributed by atoms with van der Waals surface area (Å²) in [5, 5.41) is 0. The van der Waals surface area contributed by atoms with Gasteiger partial charge in [0.25, 0.3) is 6.43 Å². The summed E-state index contributed by atoms with van der Waals surface area (Å²) in [6.07, 6.45) is -1.80. The quantitative estimate of drug-likeness (QED) is 0.159. The molecule has 0 unspecified atom stereocenters. The molecule has 0 aromatic heterocycles. The molecule has 0 heterocycles. The Labute approximate surface area is 242 Å². The van der Waals surface area contributed by atoms with Crippen LogP contribution in [0.4, 0.5) is 8.78 Å². The van der Waals surface area contributed by atoms with Gasteiger partial charge in [0.1, 0.15) is 13.2 Å². The molecule has 4 aromatic rings. The standard InChI is InChI=1S/C15H13BrF2O2.C15H13BrO3/c1-19-13-8-12(16)11(15(17)18)7-14(13)20-9-10-5-3-2-4-6-10;1-18-14-8-13(16)12(9-17)7-15(14)19-10-11-5-3-2-4-6-11/h2-8,15H,9H2,1H3;2-9H,10H2,1H3. The predicted molar refractivity (Wildman–Crippen MR) is 153 cm³/mol. The molecule has 0 spiro atoms. The van der Waals surface area contributed by atoms with E-state index in [2.05, 4.69) is 31.9 Å². The van der Waals surface area contributed by atoms with Crippen molar-refractivity contribution in [3.8, 4) is 23.0 Å². The molecule has 0 aliphatic rings. The maximum atomic E-state index is 12.9. The number of benzene rings is 4. The van der Waals surface area contributed by atoms with Crippen molar-refractivity contribution in [2.24, 2.45) is 0 Å². The van der Waals surface area contributed by atoms with Crippen LogP contribution in [0, 0.1) is 0 Å². The van der Waals surface area contributed by atoms with Crippen molar-refractivity contribution < 1.29 is 32.5 Å². The second kappa shape index (κ2) is 15.2. The zero-order valence-corrected chi connectivity index (χ0v) is 24.4. The van der Waals surface area contributed by atoms with E-state index in [0.717, 1.165) is 17.4 Å². The molecule has 204 valence electrons. The molecule has 0 aliphatic carbocycles. The van der Waals surface area contributed by atoms with Gasteiger partial charge in [0.2, 0.25) is 0 Å². The first kappa shape index (κ1) is 30.1. The largest absolute Gasteiger partial charge is 0.493 e. The highest BCUT2D eigenvalue weighted by Gasteiger charge is 2.17. The third-order valence-corrected chi connectivity index (χ3v) is 6.78. The molecule has 0 saturated carbocycles. The number of rotatable bonds is 10. The lowest BCUT2D eigenvalue weighted by molar-refractivity contribution is 0.112. The number of methoxy groups -OCH3 is 2. The van der Waals surface area contributed by atoms with E-state index in [9.17, 15) is 13.6 Å². The van der Waals surface area contributed by atoms with E-state index in [0.29, 0.717) is 50.7 Å². The van der Waals surface area contributed by atoms with Crippen LogP contribution < -0.4 is 18.9 Å². The summed E-state index contributed by atoms with van der Waals surface area (Å²) < 4.78 is 48.4. The molecule has 0 amide bonds. The van der Waals surface area contributed by atoms with Gasteiger partial charge in [-0.1, -0.05) is 76.6 Å². The fourth-order valence-electron chi connectivity index (χ4n) is 3.37. The van der Waals surface area contributed by atoms with Gasteiger partial charge in [-0.05, 0) is 51.3 Å². The highest BCUT2D eigenvalue weighted by Crippen LogP contribution is 2.38. The highest BCUT2D eigenvalue weighted by molar-refractivity contribution is 9.10. The Hall–Kier alpha value is -3.43. The van der Waals surface area contributed by atoms with Gasteiger partial charge in [0.05, 0.1) is 14.2 Å². The molecule has 0 aliphatic heterocycles. The van der Waals surface area contributed by atoms with Gasteiger partial charge in [-0.3, -0.25) is 4.79 Å². The molecule has 9 heteroatoms. The van der Waals surface area contributed by atoms with Gasteiger partial charge in [-0.15, -0.1) is 0 Å². The number of carbonyl (C=O) groups excluding carboxylic acids is 1. The normalized spacial score (nSPS) is 10.3. The van der Waals surface area contributed by atoms with Crippen molar-refractivity contribution in [2.45, 2.75) is 19.6 Å². The Morgan fingerprint density at radius 2 is 1.15 bits per heavy atom. The third kappa shape index (κ3) is 8.80. The van der Waals surface area contributed by atoms with E-state index in [4.69, 9.17) is 18.9 Å². The summed E-state index contributed by atoms with van der Waals surface area (Å²) in [5.74, 6) is 1.86. The number of carbonyl (C=O) groups is 1. The minimum atomic E-state index is -2.57. The lowest BCUT2D eigenvalue weighted by Crippen LogP contribution is -1.99. The van der Waals surface area contributed by atoms with Crippen LogP contribution in [0.5, 0.6) is 23.0 Å². The summed E-state index contributed by atoms with van der Waals surface area (Å²) in [4.78, 5) is 10.9. The summed E-state index contributed by atoms with van der Waals surface area (Å²) in [6, 6.07) is 25.5. The topological polar surface area (TPSA) is 54.0 Å². The molecule has 0 atom stereocenters. The number of aldehydes is 1. The van der Waals surface area contributed by atoms with Crippen LogP contribution in [0.25, 0.3) is 0 Å². The highest BCUT2D eigenvalue weighted by atomic mass is 79.9. The van der Waals surface area contributed by atoms with Crippen LogP contribution in [0.2, 0.25) is 0 Å². The average molecular weight is 664 g/mol. The predicted octanol–water partition coefficient (Wildman–Crippen LogP) is 8.82. The van der Waals surface area contributed by atoms with E-state index in [1.165, 1.54) is 19.2 Å². The van der Waals surface area contributed by atoms with Crippen molar-refractivity contribution in [2.75, 3.05) is 14.2 Å². The molecule has 4 rings (SSSR count). The molecule has 39 heavy (non-hydrogen) atoms. The summed E-state index contributed by atoms with van der Waals surface area (Å²) >= 11 is 6.41. The first-order chi connectivity index (χ1) is 18.9. The SMILES string of the molecule is COc1cc(Br)c(C(F)F)cc1OCc1ccccc1.COc1cc(Br)c(C=O)cc1OCc1ccccc1. The zero-order valence-electron chi connectivity index (χ0n) is 21.2. The lowest BCUT2D eigenvalue weighted by Gasteiger charge is -2.13. The maximum Gasteiger partial charge on any atom is 0.265 e. The number of hydrogen-bond acceptors (Lipinski definition) is 5. The molecule has 0 fully saturated rings. The fourth-order valence-corrected chi connectivity index (χ4v) is 4.29. The molecule has 0 N–H and O–H groups in total. The second-order valence-corrected chi connectivity index (χ2v) is 9.72. The maximum absolute atomic E-state index is 12.9. The van der Waals surface area contributed by atoms with E-state index in [1.807, 2.05) is 60.7 Å². The molecular formula is C30H26Br2F2O5. The zero-order chi connectivity index (χ0) is 28.2. The third-order valence-electron chi connectivity index (χ3n) is 5.40. The van der Waals surface area contributed by atoms with Crippen molar-refractivity contribution >= 4 is 38.1 Å². The lowest BCUT2D eigenvalue weighted by atomic mass is 10.2. The minimum Gasteiger partial charge on any atom is -0.493 e. The number of alkyl halides is 2. The average Bonchev–Trinajstić information content (AvgIpc) is 2.96. The summed E-state index contributed by atoms with van der Waals surface area (Å²) in [7, 11) is 3.04. The van der Waals surface area contributed by atoms with Gasteiger partial charge in [-0.25, -0.2) is 8.78 Å². The molecule has 0 bridgehead atoms. The first-order valence-electron chi connectivity index (χ1n) is 11.7. The monoisotopic (exact) mass is 662 g/mol. The van der Waals surface area contributed by atoms with Gasteiger partial charge in [-0.2, -0.15) is 0 Å². The van der Waals surface area contributed by atoms with Crippen LogP contribution in [-0.4, -0.2) is 20.5 Å². The van der Waals surface area contributed by atoms with E-state index in [-0.39, 0.29) is 5.56 Å². The number of halogens is 4. The van der Waals surface area contributed by atoms with Gasteiger partial charge in [0.15, 0.2) is 29.3 Å². The van der Waals surface area contributed by atoms with Crippen LogP contribution in [0.3, 0.4) is 0 Å². The summed E-state index contributed by atoms with van der Waals surface area (Å²) in [5.41, 5.74) is 2.42. The minimum absolute atomic E-state index is 0.117. The Morgan fingerprint density at radius 3 is 1.59 bits per heavy atom. The van der Waals surface area contributed by atoms with E-state index in [1.54, 1.807) is 19.2 Å². The molecule has 0 radical (unpaired) electrons. The van der Waals surface area contributed by atoms with Crippen LogP contribution >= 0.6 is 31.9 Å². The smallest absolute Gasteiger partial charge is 0.265 e. The number of hydrogen-bond donors (Lipinski definition) is 0. The Balaban J connectivity index is 0.000000216. The van der Waals surface area contributed by atoms with Crippen molar-refractivity contribution in [3.05, 3.63) is 116 Å². The van der Waals surface area contributed by atoms with Gasteiger partial charge >= 0.3 is 0 Å². The summed E-state index contributed by atoms with van der Waals surface area (Å²) in [6.45, 7) is 0.721. The Bertz CT molecular complexity index is 1350. The van der Waals surface area contributed by atoms with Gasteiger partial charge in [0, 0.05) is 20.1 Å². The van der Waals surface area contributed by atoms with Crippen molar-refractivity contribution in [1.82, 2.24) is 0 Å². The van der Waals surface area contributed by atoms with Crippen LogP contribution in [-0.2, 0) is 13.2 Å². The first-order valence-corrected chi connectivity index (χ1v) is 13.3. The van der Waals surface area contributed by atoms with Gasteiger partial charge < -0.3 is 18.9 Å². The van der Waals surface area contributed by atoms with Crippen molar-refractivity contribution in [3.63, 3.8) is 0 Å². The van der Waals surface area contributed by atoms with E-state index < -0.39 is 6.43 Å². The van der Waals surface area contributed by atoms with Crippen LogP contribution in [0.15, 0.2) is 93.9 Å². The fraction of sp³-hybridized carbons (Fsp3) is 0.167. The van der Waals surface area contributed by atoms with Crippen molar-refractivity contribution in [1.29, 1.82) is 0 Å². The Morgan fingerprint density at radius 1 is 0.692 bits per heavy atom. The Kier molecular flexibility index (Phi) is 11.8. The molecule has 5 nitrogen and oxygen atoms in total.